The van der Waals surface area contributed by atoms with Crippen LogP contribution in [0.25, 0.3) is 0 Å². The van der Waals surface area contributed by atoms with E-state index in [4.69, 9.17) is 0 Å². The van der Waals surface area contributed by atoms with Crippen LogP contribution in [0.4, 0.5) is 5.69 Å². The SMILES string of the molecule is Cc1cc(N2CCC(CNC(=O)c3sccc3C)CC2)ccn1. The summed E-state index contributed by atoms with van der Waals surface area (Å²) in [5, 5.41) is 5.07. The van der Waals surface area contributed by atoms with Gasteiger partial charge in [0.1, 0.15) is 0 Å². The number of rotatable bonds is 4. The van der Waals surface area contributed by atoms with Crippen LogP contribution >= 0.6 is 11.3 Å². The molecular formula is C18H23N3OS. The molecule has 1 aliphatic heterocycles. The first-order chi connectivity index (χ1) is 11.1. The largest absolute Gasteiger partial charge is 0.371 e. The molecule has 0 aromatic carbocycles. The standard InChI is InChI=1S/C18H23N3OS/c1-13-6-10-23-17(13)18(22)20-12-15-4-8-21(9-5-15)16-3-7-19-14(2)11-16/h3,6-7,10-11,15H,4-5,8-9,12H2,1-2H3,(H,20,22). The number of aryl methyl sites for hydroxylation is 2. The molecule has 122 valence electrons. The first-order valence-electron chi connectivity index (χ1n) is 8.13. The maximum absolute atomic E-state index is 12.2. The zero-order chi connectivity index (χ0) is 16.2. The van der Waals surface area contributed by atoms with E-state index < -0.39 is 0 Å². The Kier molecular flexibility index (Phi) is 4.96. The molecule has 23 heavy (non-hydrogen) atoms. The van der Waals surface area contributed by atoms with Crippen molar-refractivity contribution in [1.82, 2.24) is 10.3 Å². The number of nitrogens with one attached hydrogen (secondary N) is 1. The number of amides is 1. The third kappa shape index (κ3) is 3.91. The maximum Gasteiger partial charge on any atom is 0.261 e. The zero-order valence-corrected chi connectivity index (χ0v) is 14.5. The second-order valence-electron chi connectivity index (χ2n) is 6.23. The van der Waals surface area contributed by atoms with Gasteiger partial charge >= 0.3 is 0 Å². The second-order valence-corrected chi connectivity index (χ2v) is 7.14. The average molecular weight is 329 g/mol. The first-order valence-corrected chi connectivity index (χ1v) is 9.01. The smallest absolute Gasteiger partial charge is 0.261 e. The molecule has 1 amide bonds. The van der Waals surface area contributed by atoms with E-state index in [0.717, 1.165) is 48.6 Å². The Labute approximate surface area is 141 Å². The third-order valence-corrected chi connectivity index (χ3v) is 5.49. The van der Waals surface area contributed by atoms with Crippen molar-refractivity contribution in [3.63, 3.8) is 0 Å². The summed E-state index contributed by atoms with van der Waals surface area (Å²) in [4.78, 5) is 19.7. The maximum atomic E-state index is 12.2. The van der Waals surface area contributed by atoms with Crippen LogP contribution in [0.5, 0.6) is 0 Å². The average Bonchev–Trinajstić information content (AvgIpc) is 2.99. The molecule has 2 aromatic heterocycles. The molecule has 0 atom stereocenters. The van der Waals surface area contributed by atoms with E-state index in [1.807, 2.05) is 31.5 Å². The predicted octanol–water partition coefficient (Wildman–Crippen LogP) is 3.41. The topological polar surface area (TPSA) is 45.2 Å². The van der Waals surface area contributed by atoms with Crippen molar-refractivity contribution in [3.05, 3.63) is 45.9 Å². The molecular weight excluding hydrogens is 306 g/mol. The van der Waals surface area contributed by atoms with Crippen molar-refractivity contribution in [3.8, 4) is 0 Å². The van der Waals surface area contributed by atoms with Crippen LogP contribution in [0.3, 0.4) is 0 Å². The summed E-state index contributed by atoms with van der Waals surface area (Å²) in [6.45, 7) is 6.88. The fourth-order valence-corrected chi connectivity index (χ4v) is 3.89. The molecule has 0 saturated carbocycles. The van der Waals surface area contributed by atoms with Gasteiger partial charge in [0.15, 0.2) is 0 Å². The predicted molar refractivity (Wildman–Crippen MR) is 95.3 cm³/mol. The molecule has 2 aromatic rings. The van der Waals surface area contributed by atoms with E-state index in [1.165, 1.54) is 17.0 Å². The molecule has 1 fully saturated rings. The molecule has 1 N–H and O–H groups in total. The highest BCUT2D eigenvalue weighted by atomic mass is 32.1. The van der Waals surface area contributed by atoms with Crippen molar-refractivity contribution in [2.24, 2.45) is 5.92 Å². The van der Waals surface area contributed by atoms with E-state index >= 15 is 0 Å². The van der Waals surface area contributed by atoms with Gasteiger partial charge in [0.25, 0.3) is 5.91 Å². The molecule has 0 bridgehead atoms. The molecule has 4 nitrogen and oxygen atoms in total. The Balaban J connectivity index is 1.48. The molecule has 0 radical (unpaired) electrons. The highest BCUT2D eigenvalue weighted by molar-refractivity contribution is 7.12. The monoisotopic (exact) mass is 329 g/mol. The van der Waals surface area contributed by atoms with Gasteiger partial charge in [0, 0.05) is 37.2 Å². The van der Waals surface area contributed by atoms with E-state index in [-0.39, 0.29) is 5.91 Å². The Hall–Kier alpha value is -1.88. The van der Waals surface area contributed by atoms with E-state index in [2.05, 4.69) is 27.3 Å². The summed E-state index contributed by atoms with van der Waals surface area (Å²) in [7, 11) is 0. The van der Waals surface area contributed by atoms with Gasteiger partial charge < -0.3 is 10.2 Å². The lowest BCUT2D eigenvalue weighted by molar-refractivity contribution is 0.0948. The number of hydrogen-bond acceptors (Lipinski definition) is 4. The Morgan fingerprint density at radius 1 is 1.35 bits per heavy atom. The number of hydrogen-bond donors (Lipinski definition) is 1. The van der Waals surface area contributed by atoms with Crippen LogP contribution in [-0.4, -0.2) is 30.5 Å². The van der Waals surface area contributed by atoms with Gasteiger partial charge in [-0.3, -0.25) is 9.78 Å². The van der Waals surface area contributed by atoms with Gasteiger partial charge in [-0.15, -0.1) is 11.3 Å². The van der Waals surface area contributed by atoms with Gasteiger partial charge in [-0.05, 0) is 61.7 Å². The minimum Gasteiger partial charge on any atom is -0.371 e. The summed E-state index contributed by atoms with van der Waals surface area (Å²) >= 11 is 1.52. The number of anilines is 1. The molecule has 5 heteroatoms. The molecule has 1 saturated heterocycles. The van der Waals surface area contributed by atoms with E-state index in [0.29, 0.717) is 5.92 Å². The van der Waals surface area contributed by atoms with Crippen LogP contribution in [0, 0.1) is 19.8 Å². The van der Waals surface area contributed by atoms with Crippen LogP contribution in [0.1, 0.15) is 33.8 Å². The Bertz CT molecular complexity index is 674. The number of aromatic nitrogens is 1. The zero-order valence-electron chi connectivity index (χ0n) is 13.7. The minimum absolute atomic E-state index is 0.0738. The molecule has 0 unspecified atom stereocenters. The number of carbonyl (C=O) groups excluding carboxylic acids is 1. The lowest BCUT2D eigenvalue weighted by atomic mass is 9.96. The Morgan fingerprint density at radius 3 is 2.78 bits per heavy atom. The summed E-state index contributed by atoms with van der Waals surface area (Å²) in [6.07, 6.45) is 4.11. The molecule has 0 aliphatic carbocycles. The van der Waals surface area contributed by atoms with Crippen LogP contribution < -0.4 is 10.2 Å². The fourth-order valence-electron chi connectivity index (χ4n) is 3.05. The number of pyridine rings is 1. The van der Waals surface area contributed by atoms with Crippen molar-refractivity contribution < 1.29 is 4.79 Å². The van der Waals surface area contributed by atoms with Crippen molar-refractivity contribution >= 4 is 22.9 Å². The van der Waals surface area contributed by atoms with E-state index in [9.17, 15) is 4.79 Å². The van der Waals surface area contributed by atoms with Gasteiger partial charge in [0.2, 0.25) is 0 Å². The first kappa shape index (κ1) is 16.0. The van der Waals surface area contributed by atoms with Gasteiger partial charge in [-0.1, -0.05) is 0 Å². The summed E-state index contributed by atoms with van der Waals surface area (Å²) in [5.74, 6) is 0.642. The van der Waals surface area contributed by atoms with Gasteiger partial charge in [-0.2, -0.15) is 0 Å². The molecule has 0 spiro atoms. The highest BCUT2D eigenvalue weighted by Gasteiger charge is 2.20. The molecule has 3 rings (SSSR count). The lowest BCUT2D eigenvalue weighted by Gasteiger charge is -2.33. The van der Waals surface area contributed by atoms with Gasteiger partial charge in [-0.25, -0.2) is 0 Å². The summed E-state index contributed by atoms with van der Waals surface area (Å²) < 4.78 is 0. The third-order valence-electron chi connectivity index (χ3n) is 4.48. The summed E-state index contributed by atoms with van der Waals surface area (Å²) in [5.41, 5.74) is 3.38. The Morgan fingerprint density at radius 2 is 2.13 bits per heavy atom. The highest BCUT2D eigenvalue weighted by Crippen LogP contribution is 2.23. The van der Waals surface area contributed by atoms with E-state index in [1.54, 1.807) is 0 Å². The number of nitrogens with zero attached hydrogens (tertiary/aromatic N) is 2. The summed E-state index contributed by atoms with van der Waals surface area (Å²) in [6, 6.07) is 6.21. The molecule has 3 heterocycles. The van der Waals surface area contributed by atoms with Crippen LogP contribution in [0.15, 0.2) is 29.8 Å². The lowest BCUT2D eigenvalue weighted by Crippen LogP contribution is -2.38. The number of carbonyl (C=O) groups is 1. The quantitative estimate of drug-likeness (QED) is 0.935. The van der Waals surface area contributed by atoms with Crippen LogP contribution in [-0.2, 0) is 0 Å². The minimum atomic E-state index is 0.0738. The fraction of sp³-hybridized carbons (Fsp3) is 0.444. The van der Waals surface area contributed by atoms with Gasteiger partial charge in [0.05, 0.1) is 4.88 Å². The van der Waals surface area contributed by atoms with Crippen LogP contribution in [0.2, 0.25) is 0 Å². The normalized spacial score (nSPS) is 15.7. The number of piperidine rings is 1. The second kappa shape index (κ2) is 7.13. The van der Waals surface area contributed by atoms with Crippen molar-refractivity contribution in [2.75, 3.05) is 24.5 Å². The van der Waals surface area contributed by atoms with Crippen molar-refractivity contribution in [1.29, 1.82) is 0 Å². The van der Waals surface area contributed by atoms with Crippen molar-refractivity contribution in [2.45, 2.75) is 26.7 Å². The number of thiophene rings is 1. The molecule has 1 aliphatic rings.